The highest BCUT2D eigenvalue weighted by Crippen LogP contribution is 2.38. The molecule has 0 saturated carbocycles. The van der Waals surface area contributed by atoms with Gasteiger partial charge in [-0.3, -0.25) is 9.78 Å². The highest BCUT2D eigenvalue weighted by atomic mass is 16.5. The molecule has 2 aromatic carbocycles. The van der Waals surface area contributed by atoms with Crippen LogP contribution >= 0.6 is 0 Å². The molecule has 31 heavy (non-hydrogen) atoms. The van der Waals surface area contributed by atoms with Crippen LogP contribution in [0.15, 0.2) is 83.2 Å². The van der Waals surface area contributed by atoms with Crippen LogP contribution in [0.3, 0.4) is 0 Å². The van der Waals surface area contributed by atoms with E-state index in [1.807, 2.05) is 24.3 Å². The van der Waals surface area contributed by atoms with E-state index in [1.165, 1.54) is 6.92 Å². The molecule has 7 nitrogen and oxygen atoms in total. The Morgan fingerprint density at radius 2 is 1.94 bits per heavy atom. The molecule has 1 aromatic heterocycles. The van der Waals surface area contributed by atoms with Crippen LogP contribution in [0.5, 0.6) is 11.5 Å². The molecule has 0 fully saturated rings. The first-order chi connectivity index (χ1) is 15.0. The van der Waals surface area contributed by atoms with Crippen LogP contribution in [0.25, 0.3) is 5.70 Å². The first kappa shape index (κ1) is 20.4. The van der Waals surface area contributed by atoms with Gasteiger partial charge in [0.2, 0.25) is 0 Å². The largest absolute Gasteiger partial charge is 0.508 e. The van der Waals surface area contributed by atoms with E-state index in [4.69, 9.17) is 4.74 Å². The predicted molar refractivity (Wildman–Crippen MR) is 115 cm³/mol. The topological polar surface area (TPSA) is 104 Å². The van der Waals surface area contributed by atoms with Crippen molar-refractivity contribution < 1.29 is 19.7 Å². The van der Waals surface area contributed by atoms with E-state index in [0.29, 0.717) is 35.0 Å². The van der Waals surface area contributed by atoms with Crippen molar-refractivity contribution in [2.45, 2.75) is 25.6 Å². The van der Waals surface area contributed by atoms with Gasteiger partial charge in [0.05, 0.1) is 11.4 Å². The molecular formula is C24H21N3O4. The predicted octanol–water partition coefficient (Wildman–Crippen LogP) is 4.67. The molecule has 0 aliphatic heterocycles. The SMILES string of the molecule is CC(=O)C1(O)CC=C(N=Nc2cccc(COc3ccc(O)cc3)c2)c2ncccc21. The maximum Gasteiger partial charge on any atom is 0.166 e. The summed E-state index contributed by atoms with van der Waals surface area (Å²) < 4.78 is 5.72. The molecule has 4 rings (SSSR count). The van der Waals surface area contributed by atoms with E-state index in [2.05, 4.69) is 15.2 Å². The third kappa shape index (κ3) is 4.36. The number of aromatic hydroxyl groups is 1. The minimum Gasteiger partial charge on any atom is -0.508 e. The third-order valence-corrected chi connectivity index (χ3v) is 5.10. The number of pyridine rings is 1. The number of hydrogen-bond donors (Lipinski definition) is 2. The number of carbonyl (C=O) groups is 1. The second-order valence-electron chi connectivity index (χ2n) is 7.26. The van der Waals surface area contributed by atoms with Crippen LogP contribution in [-0.4, -0.2) is 21.0 Å². The van der Waals surface area contributed by atoms with Gasteiger partial charge in [-0.1, -0.05) is 24.3 Å². The van der Waals surface area contributed by atoms with E-state index in [9.17, 15) is 15.0 Å². The molecule has 156 valence electrons. The summed E-state index contributed by atoms with van der Waals surface area (Å²) in [6.07, 6.45) is 3.39. The van der Waals surface area contributed by atoms with Crippen molar-refractivity contribution >= 4 is 17.2 Å². The van der Waals surface area contributed by atoms with Crippen molar-refractivity contribution in [3.63, 3.8) is 0 Å². The maximum absolute atomic E-state index is 12.0. The number of aliphatic hydroxyl groups is 1. The Hall–Kier alpha value is -3.84. The van der Waals surface area contributed by atoms with Gasteiger partial charge in [-0.15, -0.1) is 5.11 Å². The van der Waals surface area contributed by atoms with Crippen molar-refractivity contribution in [1.82, 2.24) is 4.98 Å². The molecule has 1 unspecified atom stereocenters. The van der Waals surface area contributed by atoms with Gasteiger partial charge < -0.3 is 14.9 Å². The van der Waals surface area contributed by atoms with Gasteiger partial charge in [0.25, 0.3) is 0 Å². The molecule has 0 radical (unpaired) electrons. The van der Waals surface area contributed by atoms with E-state index < -0.39 is 5.60 Å². The van der Waals surface area contributed by atoms with Crippen LogP contribution < -0.4 is 4.74 Å². The van der Waals surface area contributed by atoms with Gasteiger partial charge in [-0.2, -0.15) is 5.11 Å². The molecule has 1 aliphatic rings. The zero-order valence-corrected chi connectivity index (χ0v) is 16.9. The van der Waals surface area contributed by atoms with Gasteiger partial charge in [-0.25, -0.2) is 0 Å². The highest BCUT2D eigenvalue weighted by Gasteiger charge is 2.39. The summed E-state index contributed by atoms with van der Waals surface area (Å²) in [5.74, 6) is 0.498. The quantitative estimate of drug-likeness (QED) is 0.569. The van der Waals surface area contributed by atoms with Crippen LogP contribution in [0, 0.1) is 0 Å². The number of hydrogen-bond acceptors (Lipinski definition) is 7. The number of azo groups is 1. The summed E-state index contributed by atoms with van der Waals surface area (Å²) in [4.78, 5) is 16.3. The summed E-state index contributed by atoms with van der Waals surface area (Å²) in [5, 5.41) is 28.7. The van der Waals surface area contributed by atoms with E-state index in [-0.39, 0.29) is 18.0 Å². The number of Topliss-reactive ketones (excluding diaryl/α,β-unsaturated/α-hetero) is 1. The number of rotatable bonds is 6. The Bertz CT molecular complexity index is 1170. The first-order valence-corrected chi connectivity index (χ1v) is 9.78. The minimum absolute atomic E-state index is 0.121. The maximum atomic E-state index is 12.0. The highest BCUT2D eigenvalue weighted by molar-refractivity contribution is 5.89. The summed E-state index contributed by atoms with van der Waals surface area (Å²) >= 11 is 0. The van der Waals surface area contributed by atoms with Gasteiger partial charge in [0.1, 0.15) is 23.8 Å². The number of ketones is 1. The van der Waals surface area contributed by atoms with Gasteiger partial charge in [-0.05, 0) is 55.0 Å². The minimum atomic E-state index is -1.59. The van der Waals surface area contributed by atoms with Crippen LogP contribution in [-0.2, 0) is 17.0 Å². The smallest absolute Gasteiger partial charge is 0.166 e. The normalized spacial score (nSPS) is 17.8. The molecule has 0 spiro atoms. The van der Waals surface area contributed by atoms with Gasteiger partial charge in [0, 0.05) is 18.2 Å². The molecule has 0 saturated heterocycles. The monoisotopic (exact) mass is 415 g/mol. The van der Waals surface area contributed by atoms with E-state index in [0.717, 1.165) is 5.56 Å². The molecule has 2 N–H and O–H groups in total. The lowest BCUT2D eigenvalue weighted by molar-refractivity contribution is -0.135. The van der Waals surface area contributed by atoms with Crippen molar-refractivity contribution in [2.24, 2.45) is 10.2 Å². The molecular weight excluding hydrogens is 394 g/mol. The first-order valence-electron chi connectivity index (χ1n) is 9.78. The average Bonchev–Trinajstić information content (AvgIpc) is 2.79. The summed E-state index contributed by atoms with van der Waals surface area (Å²) in [5.41, 5.74) is 1.35. The Kier molecular flexibility index (Phi) is 5.60. The second kappa shape index (κ2) is 8.49. The second-order valence-corrected chi connectivity index (χ2v) is 7.26. The molecule has 1 aliphatic carbocycles. The van der Waals surface area contributed by atoms with Gasteiger partial charge >= 0.3 is 0 Å². The lowest BCUT2D eigenvalue weighted by Crippen LogP contribution is -2.36. The van der Waals surface area contributed by atoms with E-state index >= 15 is 0 Å². The number of fused-ring (bicyclic) bond motifs is 1. The third-order valence-electron chi connectivity index (χ3n) is 5.10. The summed E-state index contributed by atoms with van der Waals surface area (Å²) in [6.45, 7) is 1.70. The van der Waals surface area contributed by atoms with E-state index in [1.54, 1.807) is 48.7 Å². The standard InChI is InChI=1S/C24H21N3O4/c1-16(28)24(30)12-11-22(23-21(24)6-3-13-25-23)27-26-18-5-2-4-17(14-18)15-31-20-9-7-19(29)8-10-20/h2-11,13-14,29-30H,12,15H2,1H3. The molecule has 1 heterocycles. The molecule has 3 aromatic rings. The Morgan fingerprint density at radius 1 is 1.13 bits per heavy atom. The lowest BCUT2D eigenvalue weighted by Gasteiger charge is -2.29. The number of ether oxygens (including phenoxy) is 1. The number of phenols is 1. The molecule has 1 atom stereocenters. The number of nitrogens with zero attached hydrogens (tertiary/aromatic N) is 3. The number of phenolic OH excluding ortho intramolecular Hbond substituents is 1. The lowest BCUT2D eigenvalue weighted by atomic mass is 9.81. The zero-order chi connectivity index (χ0) is 21.8. The van der Waals surface area contributed by atoms with Crippen molar-refractivity contribution in [2.75, 3.05) is 0 Å². The number of aromatic nitrogens is 1. The van der Waals surface area contributed by atoms with Crippen LogP contribution in [0.4, 0.5) is 5.69 Å². The summed E-state index contributed by atoms with van der Waals surface area (Å²) in [6, 6.07) is 17.4. The molecule has 0 bridgehead atoms. The zero-order valence-electron chi connectivity index (χ0n) is 16.9. The van der Waals surface area contributed by atoms with Crippen molar-refractivity contribution in [3.8, 4) is 11.5 Å². The Morgan fingerprint density at radius 3 is 2.71 bits per heavy atom. The van der Waals surface area contributed by atoms with Crippen molar-refractivity contribution in [1.29, 1.82) is 0 Å². The fourth-order valence-electron chi connectivity index (χ4n) is 3.34. The fourth-order valence-corrected chi connectivity index (χ4v) is 3.34. The molecule has 7 heteroatoms. The van der Waals surface area contributed by atoms with Crippen LogP contribution in [0.2, 0.25) is 0 Å². The summed E-state index contributed by atoms with van der Waals surface area (Å²) in [7, 11) is 0. The fraction of sp³-hybridized carbons (Fsp3) is 0.167. The van der Waals surface area contributed by atoms with Crippen molar-refractivity contribution in [3.05, 3.63) is 89.8 Å². The van der Waals surface area contributed by atoms with Gasteiger partial charge in [0.15, 0.2) is 11.4 Å². The Labute approximate surface area is 179 Å². The number of benzene rings is 2. The average molecular weight is 415 g/mol. The molecule has 0 amide bonds. The number of carbonyl (C=O) groups excluding carboxylic acids is 1. The Balaban J connectivity index is 1.51. The van der Waals surface area contributed by atoms with Crippen LogP contribution in [0.1, 0.15) is 30.2 Å².